The van der Waals surface area contributed by atoms with Crippen molar-refractivity contribution >= 4 is 23.1 Å². The van der Waals surface area contributed by atoms with E-state index in [9.17, 15) is 36.6 Å². The fourth-order valence-electron chi connectivity index (χ4n) is 3.69. The van der Waals surface area contributed by atoms with Gasteiger partial charge in [-0.15, -0.1) is 0 Å². The van der Waals surface area contributed by atoms with Crippen LogP contribution in [-0.4, -0.2) is 16.8 Å². The summed E-state index contributed by atoms with van der Waals surface area (Å²) < 4.78 is 67.9. The van der Waals surface area contributed by atoms with Crippen molar-refractivity contribution in [2.75, 3.05) is 4.90 Å². The van der Waals surface area contributed by atoms with E-state index in [2.05, 4.69) is 0 Å². The Morgan fingerprint density at radius 1 is 0.879 bits per heavy atom. The standard InChI is InChI=1S/C24H14F5NO3/c25-15-10-8-13(9-11-15)21(31)19-20(17-6-1-2-7-18(17)26)30(23(33)22(19)32)16-5-3-4-14(12-16)24(27,28)29/h1-12,20,31H/b21-19+/t20-/m1/s1. The highest BCUT2D eigenvalue weighted by molar-refractivity contribution is 6.51. The molecular weight excluding hydrogens is 445 g/mol. The van der Waals surface area contributed by atoms with E-state index in [0.29, 0.717) is 11.0 Å². The molecule has 0 aromatic heterocycles. The number of alkyl halides is 3. The summed E-state index contributed by atoms with van der Waals surface area (Å²) in [6, 6.07) is 11.5. The Labute approximate surface area is 184 Å². The molecule has 4 rings (SSSR count). The van der Waals surface area contributed by atoms with E-state index in [1.54, 1.807) is 0 Å². The van der Waals surface area contributed by atoms with Crippen LogP contribution in [0.25, 0.3) is 5.76 Å². The number of aliphatic hydroxyl groups excluding tert-OH is 1. The summed E-state index contributed by atoms with van der Waals surface area (Å²) in [4.78, 5) is 26.6. The molecule has 0 spiro atoms. The minimum atomic E-state index is -4.73. The van der Waals surface area contributed by atoms with Gasteiger partial charge in [0.1, 0.15) is 17.4 Å². The Kier molecular flexibility index (Phi) is 5.49. The summed E-state index contributed by atoms with van der Waals surface area (Å²) >= 11 is 0. The smallest absolute Gasteiger partial charge is 0.416 e. The number of nitrogens with zero attached hydrogens (tertiary/aromatic N) is 1. The number of aliphatic hydroxyl groups is 1. The van der Waals surface area contributed by atoms with Crippen molar-refractivity contribution in [2.45, 2.75) is 12.2 Å². The molecule has 1 heterocycles. The lowest BCUT2D eigenvalue weighted by molar-refractivity contribution is -0.137. The van der Waals surface area contributed by atoms with Crippen LogP contribution < -0.4 is 4.90 Å². The lowest BCUT2D eigenvalue weighted by Crippen LogP contribution is -2.30. The lowest BCUT2D eigenvalue weighted by atomic mass is 9.94. The summed E-state index contributed by atoms with van der Waals surface area (Å²) in [7, 11) is 0. The third kappa shape index (κ3) is 3.97. The maximum Gasteiger partial charge on any atom is 0.416 e. The van der Waals surface area contributed by atoms with Crippen molar-refractivity contribution in [2.24, 2.45) is 0 Å². The number of hydrogen-bond donors (Lipinski definition) is 1. The highest BCUT2D eigenvalue weighted by Gasteiger charge is 2.48. The van der Waals surface area contributed by atoms with Crippen LogP contribution in [-0.2, 0) is 15.8 Å². The minimum Gasteiger partial charge on any atom is -0.507 e. The number of anilines is 1. The first-order chi connectivity index (χ1) is 15.6. The number of amides is 1. The fraction of sp³-hybridized carbons (Fsp3) is 0.0833. The van der Waals surface area contributed by atoms with Gasteiger partial charge in [0.05, 0.1) is 17.2 Å². The SMILES string of the molecule is O=C1C(=O)N(c2cccc(C(F)(F)F)c2)[C@H](c2ccccc2F)/C1=C(\O)c1ccc(F)cc1. The second kappa shape index (κ2) is 8.16. The molecule has 0 unspecified atom stereocenters. The van der Waals surface area contributed by atoms with Crippen LogP contribution in [0.4, 0.5) is 27.6 Å². The van der Waals surface area contributed by atoms with E-state index < -0.39 is 52.4 Å². The molecule has 3 aromatic rings. The van der Waals surface area contributed by atoms with Gasteiger partial charge in [-0.3, -0.25) is 14.5 Å². The van der Waals surface area contributed by atoms with Gasteiger partial charge in [0.2, 0.25) is 0 Å². The van der Waals surface area contributed by atoms with E-state index in [1.165, 1.54) is 24.3 Å². The molecule has 0 bridgehead atoms. The molecule has 4 nitrogen and oxygen atoms in total. The molecule has 9 heteroatoms. The van der Waals surface area contributed by atoms with Gasteiger partial charge in [-0.2, -0.15) is 13.2 Å². The maximum atomic E-state index is 14.8. The van der Waals surface area contributed by atoms with E-state index in [-0.39, 0.29) is 16.8 Å². The number of hydrogen-bond acceptors (Lipinski definition) is 3. The van der Waals surface area contributed by atoms with E-state index in [0.717, 1.165) is 42.5 Å². The Bertz CT molecular complexity index is 1280. The normalized spacial score (nSPS) is 18.1. The Balaban J connectivity index is 1.97. The Morgan fingerprint density at radius 2 is 1.55 bits per heavy atom. The third-order valence-corrected chi connectivity index (χ3v) is 5.21. The summed E-state index contributed by atoms with van der Waals surface area (Å²) in [6.07, 6.45) is -4.73. The number of carbonyl (C=O) groups is 2. The van der Waals surface area contributed by atoms with Gasteiger partial charge >= 0.3 is 6.18 Å². The average molecular weight is 459 g/mol. The molecule has 1 fully saturated rings. The molecule has 1 N–H and O–H groups in total. The van der Waals surface area contributed by atoms with Crippen LogP contribution in [0.5, 0.6) is 0 Å². The molecule has 3 aromatic carbocycles. The maximum absolute atomic E-state index is 14.8. The van der Waals surface area contributed by atoms with Gasteiger partial charge in [-0.05, 0) is 48.5 Å². The van der Waals surface area contributed by atoms with Crippen LogP contribution in [0.2, 0.25) is 0 Å². The molecule has 0 saturated carbocycles. The summed E-state index contributed by atoms with van der Waals surface area (Å²) in [6.45, 7) is 0. The summed E-state index contributed by atoms with van der Waals surface area (Å²) in [5.41, 5.74) is -2.15. The van der Waals surface area contributed by atoms with Crippen LogP contribution in [0.3, 0.4) is 0 Å². The zero-order valence-electron chi connectivity index (χ0n) is 16.6. The largest absolute Gasteiger partial charge is 0.507 e. The molecule has 1 aliphatic rings. The molecule has 0 aliphatic carbocycles. The minimum absolute atomic E-state index is 0.0280. The van der Waals surface area contributed by atoms with E-state index in [1.807, 2.05) is 0 Å². The van der Waals surface area contributed by atoms with Gasteiger partial charge < -0.3 is 5.11 Å². The van der Waals surface area contributed by atoms with Crippen LogP contribution >= 0.6 is 0 Å². The van der Waals surface area contributed by atoms with Gasteiger partial charge in [0, 0.05) is 16.8 Å². The molecule has 33 heavy (non-hydrogen) atoms. The van der Waals surface area contributed by atoms with E-state index in [4.69, 9.17) is 0 Å². The number of carbonyl (C=O) groups excluding carboxylic acids is 2. The molecule has 1 aliphatic heterocycles. The molecule has 168 valence electrons. The van der Waals surface area contributed by atoms with Crippen molar-refractivity contribution in [3.8, 4) is 0 Å². The first-order valence-corrected chi connectivity index (χ1v) is 9.58. The first-order valence-electron chi connectivity index (χ1n) is 9.58. The van der Waals surface area contributed by atoms with Gasteiger partial charge in [-0.25, -0.2) is 8.78 Å². The molecular formula is C24H14F5NO3. The highest BCUT2D eigenvalue weighted by Crippen LogP contribution is 2.44. The zero-order chi connectivity index (χ0) is 23.9. The van der Waals surface area contributed by atoms with Crippen molar-refractivity contribution < 1.29 is 36.6 Å². The fourth-order valence-corrected chi connectivity index (χ4v) is 3.69. The average Bonchev–Trinajstić information content (AvgIpc) is 3.04. The second-order valence-electron chi connectivity index (χ2n) is 7.25. The Morgan fingerprint density at radius 3 is 2.18 bits per heavy atom. The van der Waals surface area contributed by atoms with Crippen LogP contribution in [0.15, 0.2) is 78.4 Å². The third-order valence-electron chi connectivity index (χ3n) is 5.21. The highest BCUT2D eigenvalue weighted by atomic mass is 19.4. The topological polar surface area (TPSA) is 57.6 Å². The second-order valence-corrected chi connectivity index (χ2v) is 7.25. The van der Waals surface area contributed by atoms with E-state index >= 15 is 0 Å². The van der Waals surface area contributed by atoms with Gasteiger partial charge in [0.25, 0.3) is 11.7 Å². The number of halogens is 5. The molecule has 0 radical (unpaired) electrons. The predicted molar refractivity (Wildman–Crippen MR) is 109 cm³/mol. The number of ketones is 1. The Hall–Kier alpha value is -4.01. The molecule has 1 amide bonds. The zero-order valence-corrected chi connectivity index (χ0v) is 16.6. The molecule has 1 saturated heterocycles. The number of Topliss-reactive ketones (excluding diaryl/α,β-unsaturated/α-hetero) is 1. The first kappa shape index (κ1) is 22.2. The quantitative estimate of drug-likeness (QED) is 0.240. The summed E-state index contributed by atoms with van der Waals surface area (Å²) in [5.74, 6) is -4.64. The van der Waals surface area contributed by atoms with Crippen molar-refractivity contribution in [1.29, 1.82) is 0 Å². The van der Waals surface area contributed by atoms with Crippen molar-refractivity contribution in [3.63, 3.8) is 0 Å². The van der Waals surface area contributed by atoms with Crippen molar-refractivity contribution in [3.05, 3.63) is 107 Å². The monoisotopic (exact) mass is 459 g/mol. The summed E-state index contributed by atoms with van der Waals surface area (Å²) in [5, 5.41) is 10.8. The predicted octanol–water partition coefficient (Wildman–Crippen LogP) is 5.61. The lowest BCUT2D eigenvalue weighted by Gasteiger charge is -2.26. The van der Waals surface area contributed by atoms with Crippen LogP contribution in [0, 0.1) is 11.6 Å². The number of rotatable bonds is 3. The number of benzene rings is 3. The molecule has 1 atom stereocenters. The van der Waals surface area contributed by atoms with Gasteiger partial charge in [-0.1, -0.05) is 24.3 Å². The van der Waals surface area contributed by atoms with Gasteiger partial charge in [0.15, 0.2) is 0 Å². The van der Waals surface area contributed by atoms with Crippen LogP contribution in [0.1, 0.15) is 22.7 Å². The van der Waals surface area contributed by atoms with Crippen molar-refractivity contribution in [1.82, 2.24) is 0 Å².